The number of nitrogens with zero attached hydrogens (tertiary/aromatic N) is 2. The molecule has 0 heterocycles. The van der Waals surface area contributed by atoms with E-state index in [9.17, 15) is 14.9 Å². The molecule has 0 aliphatic heterocycles. The summed E-state index contributed by atoms with van der Waals surface area (Å²) in [5.74, 6) is 0.988. The zero-order chi connectivity index (χ0) is 14.7. The van der Waals surface area contributed by atoms with Gasteiger partial charge in [-0.1, -0.05) is 0 Å². The predicted molar refractivity (Wildman–Crippen MR) is 73.5 cm³/mol. The van der Waals surface area contributed by atoms with Gasteiger partial charge in [0, 0.05) is 25.2 Å². The Morgan fingerprint density at radius 2 is 2.05 bits per heavy atom. The summed E-state index contributed by atoms with van der Waals surface area (Å²) < 4.78 is 5.36. The highest BCUT2D eigenvalue weighted by atomic mass is 16.6. The van der Waals surface area contributed by atoms with Crippen molar-refractivity contribution in [3.63, 3.8) is 0 Å². The van der Waals surface area contributed by atoms with Crippen LogP contribution in [0.5, 0.6) is 5.75 Å². The zero-order valence-electron chi connectivity index (χ0n) is 11.6. The lowest BCUT2D eigenvalue weighted by atomic mass is 10.2. The van der Waals surface area contributed by atoms with Gasteiger partial charge in [-0.15, -0.1) is 0 Å². The van der Waals surface area contributed by atoms with Crippen molar-refractivity contribution in [2.45, 2.75) is 25.8 Å². The van der Waals surface area contributed by atoms with Gasteiger partial charge >= 0.3 is 0 Å². The standard InChI is InChI=1S/C14H18N2O4/c1-10(11-3-4-11)15(2)14(17)9-20-13-7-5-12(6-8-13)16(18)19/h5-8,10-11H,3-4,9H2,1-2H3. The fraction of sp³-hybridized carbons (Fsp3) is 0.500. The number of ether oxygens (including phenoxy) is 1. The third kappa shape index (κ3) is 3.46. The van der Waals surface area contributed by atoms with Crippen LogP contribution >= 0.6 is 0 Å². The lowest BCUT2D eigenvalue weighted by Gasteiger charge is -2.24. The summed E-state index contributed by atoms with van der Waals surface area (Å²) in [4.78, 5) is 23.7. The van der Waals surface area contributed by atoms with E-state index in [0.29, 0.717) is 11.7 Å². The molecule has 20 heavy (non-hydrogen) atoms. The van der Waals surface area contributed by atoms with Crippen LogP contribution in [0, 0.1) is 16.0 Å². The van der Waals surface area contributed by atoms with Gasteiger partial charge in [-0.25, -0.2) is 0 Å². The Morgan fingerprint density at radius 1 is 1.45 bits per heavy atom. The molecule has 0 N–H and O–H groups in total. The van der Waals surface area contributed by atoms with Crippen molar-refractivity contribution in [1.29, 1.82) is 0 Å². The van der Waals surface area contributed by atoms with Crippen molar-refractivity contribution in [1.82, 2.24) is 4.90 Å². The smallest absolute Gasteiger partial charge is 0.269 e. The number of benzene rings is 1. The van der Waals surface area contributed by atoms with Crippen LogP contribution in [-0.4, -0.2) is 35.4 Å². The number of nitro benzene ring substituents is 1. The van der Waals surface area contributed by atoms with Crippen LogP contribution in [0.4, 0.5) is 5.69 Å². The van der Waals surface area contributed by atoms with Gasteiger partial charge in [-0.3, -0.25) is 14.9 Å². The van der Waals surface area contributed by atoms with Gasteiger partial charge in [0.05, 0.1) is 4.92 Å². The Balaban J connectivity index is 1.84. The molecular weight excluding hydrogens is 260 g/mol. The number of carbonyl (C=O) groups excluding carboxylic acids is 1. The highest BCUT2D eigenvalue weighted by Crippen LogP contribution is 2.34. The predicted octanol–water partition coefficient (Wildman–Crippen LogP) is 2.23. The van der Waals surface area contributed by atoms with Crippen molar-refractivity contribution in [2.24, 2.45) is 5.92 Å². The highest BCUT2D eigenvalue weighted by molar-refractivity contribution is 5.77. The van der Waals surface area contributed by atoms with Crippen LogP contribution < -0.4 is 4.74 Å². The molecule has 1 atom stereocenters. The van der Waals surface area contributed by atoms with Gasteiger partial charge in [-0.2, -0.15) is 0 Å². The summed E-state index contributed by atoms with van der Waals surface area (Å²) in [5.41, 5.74) is 0.00292. The molecule has 1 aromatic carbocycles. The maximum absolute atomic E-state index is 12.0. The summed E-state index contributed by atoms with van der Waals surface area (Å²) in [5, 5.41) is 10.5. The number of hydrogen-bond donors (Lipinski definition) is 0. The first-order chi connectivity index (χ1) is 9.49. The van der Waals surface area contributed by atoms with Crippen molar-refractivity contribution in [2.75, 3.05) is 13.7 Å². The normalized spacial score (nSPS) is 15.5. The first kappa shape index (κ1) is 14.3. The van der Waals surface area contributed by atoms with Crippen molar-refractivity contribution >= 4 is 11.6 Å². The number of hydrogen-bond acceptors (Lipinski definition) is 4. The fourth-order valence-electron chi connectivity index (χ4n) is 2.03. The molecule has 108 valence electrons. The third-order valence-corrected chi connectivity index (χ3v) is 3.72. The molecule has 1 saturated carbocycles. The van der Waals surface area contributed by atoms with Crippen molar-refractivity contribution < 1.29 is 14.5 Å². The van der Waals surface area contributed by atoms with Crippen LogP contribution in [0.3, 0.4) is 0 Å². The topological polar surface area (TPSA) is 72.7 Å². The molecular formula is C14H18N2O4. The average molecular weight is 278 g/mol. The van der Waals surface area contributed by atoms with Crippen molar-refractivity contribution in [3.8, 4) is 5.75 Å². The quantitative estimate of drug-likeness (QED) is 0.591. The van der Waals surface area contributed by atoms with Crippen LogP contribution in [0.25, 0.3) is 0 Å². The molecule has 1 aromatic rings. The lowest BCUT2D eigenvalue weighted by molar-refractivity contribution is -0.384. The maximum atomic E-state index is 12.0. The number of nitro groups is 1. The molecule has 6 heteroatoms. The fourth-order valence-corrected chi connectivity index (χ4v) is 2.03. The number of non-ortho nitro benzene ring substituents is 1. The van der Waals surface area contributed by atoms with E-state index >= 15 is 0 Å². The molecule has 1 aliphatic carbocycles. The van der Waals surface area contributed by atoms with Gasteiger partial charge in [0.15, 0.2) is 6.61 Å². The van der Waals surface area contributed by atoms with E-state index in [4.69, 9.17) is 4.74 Å². The molecule has 1 aliphatic rings. The molecule has 0 bridgehead atoms. The Hall–Kier alpha value is -2.11. The van der Waals surface area contributed by atoms with Gasteiger partial charge in [-0.05, 0) is 37.8 Å². The Morgan fingerprint density at radius 3 is 2.55 bits per heavy atom. The molecule has 1 fully saturated rings. The molecule has 0 saturated heterocycles. The number of amides is 1. The lowest BCUT2D eigenvalue weighted by Crippen LogP contribution is -2.39. The summed E-state index contributed by atoms with van der Waals surface area (Å²) in [6.07, 6.45) is 2.37. The Bertz CT molecular complexity index is 496. The van der Waals surface area contributed by atoms with Crippen LogP contribution in [0.15, 0.2) is 24.3 Å². The van der Waals surface area contributed by atoms with E-state index in [0.717, 1.165) is 0 Å². The molecule has 2 rings (SSSR count). The monoisotopic (exact) mass is 278 g/mol. The molecule has 6 nitrogen and oxygen atoms in total. The Kier molecular flexibility index (Phi) is 4.22. The van der Waals surface area contributed by atoms with E-state index in [1.54, 1.807) is 11.9 Å². The van der Waals surface area contributed by atoms with Crippen LogP contribution in [-0.2, 0) is 4.79 Å². The van der Waals surface area contributed by atoms with E-state index in [-0.39, 0.29) is 24.2 Å². The second kappa shape index (κ2) is 5.90. The third-order valence-electron chi connectivity index (χ3n) is 3.72. The van der Waals surface area contributed by atoms with Gasteiger partial charge in [0.1, 0.15) is 5.75 Å². The van der Waals surface area contributed by atoms with Crippen molar-refractivity contribution in [3.05, 3.63) is 34.4 Å². The van der Waals surface area contributed by atoms with Gasteiger partial charge in [0.2, 0.25) is 0 Å². The number of rotatable bonds is 6. The number of likely N-dealkylation sites (N-methyl/N-ethyl adjacent to an activating group) is 1. The first-order valence-electron chi connectivity index (χ1n) is 6.62. The maximum Gasteiger partial charge on any atom is 0.269 e. The second-order valence-corrected chi connectivity index (χ2v) is 5.12. The number of carbonyl (C=O) groups is 1. The van der Waals surface area contributed by atoms with E-state index in [1.165, 1.54) is 37.1 Å². The SMILES string of the molecule is CC(C1CC1)N(C)C(=O)COc1ccc([N+](=O)[O-])cc1. The molecule has 0 radical (unpaired) electrons. The average Bonchev–Trinajstić information content (AvgIpc) is 3.28. The zero-order valence-corrected chi connectivity index (χ0v) is 11.6. The largest absolute Gasteiger partial charge is 0.484 e. The molecule has 0 aromatic heterocycles. The van der Waals surface area contributed by atoms with Crippen LogP contribution in [0.2, 0.25) is 0 Å². The second-order valence-electron chi connectivity index (χ2n) is 5.12. The Labute approximate surface area is 117 Å². The van der Waals surface area contributed by atoms with E-state index in [2.05, 4.69) is 0 Å². The van der Waals surface area contributed by atoms with E-state index in [1.807, 2.05) is 6.92 Å². The van der Waals surface area contributed by atoms with Gasteiger partial charge < -0.3 is 9.64 Å². The van der Waals surface area contributed by atoms with Gasteiger partial charge in [0.25, 0.3) is 11.6 Å². The van der Waals surface area contributed by atoms with Crippen LogP contribution in [0.1, 0.15) is 19.8 Å². The molecule has 1 amide bonds. The minimum atomic E-state index is -0.472. The summed E-state index contributed by atoms with van der Waals surface area (Å²) in [6.45, 7) is 1.99. The molecule has 0 spiro atoms. The molecule has 1 unspecified atom stereocenters. The summed E-state index contributed by atoms with van der Waals surface area (Å²) in [7, 11) is 1.78. The highest BCUT2D eigenvalue weighted by Gasteiger charge is 2.32. The first-order valence-corrected chi connectivity index (χ1v) is 6.62. The van der Waals surface area contributed by atoms with E-state index < -0.39 is 4.92 Å². The summed E-state index contributed by atoms with van der Waals surface area (Å²) >= 11 is 0. The summed E-state index contributed by atoms with van der Waals surface area (Å²) in [6, 6.07) is 5.95. The minimum Gasteiger partial charge on any atom is -0.484 e. The minimum absolute atomic E-state index is 0.00292.